The van der Waals surface area contributed by atoms with E-state index in [1.54, 1.807) is 6.92 Å². The van der Waals surface area contributed by atoms with Gasteiger partial charge in [0, 0.05) is 6.07 Å². The van der Waals surface area contributed by atoms with Crippen molar-refractivity contribution in [3.05, 3.63) is 36.2 Å². The maximum absolute atomic E-state index is 13.2. The Hall–Kier alpha value is -1.95. The fourth-order valence-corrected chi connectivity index (χ4v) is 1.55. The van der Waals surface area contributed by atoms with Crippen LogP contribution in [0.4, 0.5) is 4.39 Å². The smallest absolute Gasteiger partial charge is 0.160 e. The van der Waals surface area contributed by atoms with E-state index in [9.17, 15) is 9.50 Å². The van der Waals surface area contributed by atoms with Gasteiger partial charge in [-0.25, -0.2) is 14.1 Å². The Morgan fingerprint density at radius 3 is 2.88 bits per heavy atom. The molecule has 1 unspecified atom stereocenters. The van der Waals surface area contributed by atoms with E-state index in [4.69, 9.17) is 4.74 Å². The third-order valence-electron chi connectivity index (χ3n) is 2.32. The van der Waals surface area contributed by atoms with Gasteiger partial charge in [-0.05, 0) is 19.1 Å². The molecule has 0 aliphatic carbocycles. The first-order chi connectivity index (χ1) is 8.13. The Morgan fingerprint density at radius 2 is 2.24 bits per heavy atom. The van der Waals surface area contributed by atoms with E-state index in [0.717, 1.165) is 0 Å². The van der Waals surface area contributed by atoms with Crippen LogP contribution in [0.1, 0.15) is 18.9 Å². The lowest BCUT2D eigenvalue weighted by molar-refractivity contribution is 0.186. The van der Waals surface area contributed by atoms with Crippen LogP contribution >= 0.6 is 0 Å². The molecular weight excluding hydrogens is 225 g/mol. The molecule has 0 amide bonds. The highest BCUT2D eigenvalue weighted by atomic mass is 19.1. The summed E-state index contributed by atoms with van der Waals surface area (Å²) in [7, 11) is 1.48. The second-order valence-corrected chi connectivity index (χ2v) is 3.52. The van der Waals surface area contributed by atoms with Gasteiger partial charge in [-0.2, -0.15) is 5.10 Å². The van der Waals surface area contributed by atoms with Gasteiger partial charge in [-0.3, -0.25) is 0 Å². The van der Waals surface area contributed by atoms with Crippen molar-refractivity contribution >= 4 is 0 Å². The van der Waals surface area contributed by atoms with Gasteiger partial charge in [0.05, 0.1) is 7.11 Å². The number of methoxy groups -OCH3 is 1. The highest BCUT2D eigenvalue weighted by Crippen LogP contribution is 2.25. The van der Waals surface area contributed by atoms with E-state index in [1.807, 2.05) is 0 Å². The summed E-state index contributed by atoms with van der Waals surface area (Å²) in [6.45, 7) is 1.56. The molecule has 0 radical (unpaired) electrons. The third-order valence-corrected chi connectivity index (χ3v) is 2.32. The molecule has 0 spiro atoms. The van der Waals surface area contributed by atoms with Crippen LogP contribution in [0.2, 0.25) is 0 Å². The van der Waals surface area contributed by atoms with Gasteiger partial charge in [0.2, 0.25) is 0 Å². The lowest BCUT2D eigenvalue weighted by Crippen LogP contribution is -2.08. The lowest BCUT2D eigenvalue weighted by Gasteiger charge is -2.11. The number of aliphatic hydroxyl groups excluding tert-OH is 1. The Kier molecular flexibility index (Phi) is 3.06. The molecule has 1 heterocycles. The minimum absolute atomic E-state index is 0.328. The molecule has 5 nitrogen and oxygen atoms in total. The molecule has 0 fully saturated rings. The average Bonchev–Trinajstić information content (AvgIpc) is 2.77. The first-order valence-electron chi connectivity index (χ1n) is 5.05. The van der Waals surface area contributed by atoms with Crippen molar-refractivity contribution in [1.82, 2.24) is 14.8 Å². The normalized spacial score (nSPS) is 12.5. The van der Waals surface area contributed by atoms with E-state index >= 15 is 0 Å². The van der Waals surface area contributed by atoms with E-state index in [1.165, 1.54) is 36.3 Å². The first-order valence-corrected chi connectivity index (χ1v) is 5.05. The van der Waals surface area contributed by atoms with Gasteiger partial charge in [-0.1, -0.05) is 0 Å². The maximum Gasteiger partial charge on any atom is 0.160 e. The zero-order valence-electron chi connectivity index (χ0n) is 9.46. The number of aliphatic hydroxyl groups is 1. The molecule has 90 valence electrons. The number of aromatic nitrogens is 3. The van der Waals surface area contributed by atoms with E-state index in [-0.39, 0.29) is 0 Å². The number of rotatable bonds is 3. The van der Waals surface area contributed by atoms with Crippen molar-refractivity contribution in [2.24, 2.45) is 0 Å². The molecule has 1 atom stereocenters. The van der Waals surface area contributed by atoms with Crippen molar-refractivity contribution in [2.45, 2.75) is 13.0 Å². The summed E-state index contributed by atoms with van der Waals surface area (Å²) >= 11 is 0. The number of hydrogen-bond donors (Lipinski definition) is 1. The van der Waals surface area contributed by atoms with Crippen molar-refractivity contribution in [3.8, 4) is 11.4 Å². The Morgan fingerprint density at radius 1 is 1.47 bits per heavy atom. The number of benzene rings is 1. The fourth-order valence-electron chi connectivity index (χ4n) is 1.55. The average molecular weight is 237 g/mol. The molecule has 0 saturated heterocycles. The second kappa shape index (κ2) is 4.50. The molecule has 2 aromatic rings. The molecule has 6 heteroatoms. The highest BCUT2D eigenvalue weighted by molar-refractivity contribution is 5.46. The van der Waals surface area contributed by atoms with Gasteiger partial charge in [0.25, 0.3) is 0 Å². The number of halogens is 1. The SMILES string of the molecule is COc1ccc(F)cc1-n1ncnc1C(C)O. The quantitative estimate of drug-likeness (QED) is 0.878. The lowest BCUT2D eigenvalue weighted by atomic mass is 10.2. The number of ether oxygens (including phenoxy) is 1. The molecule has 1 aromatic carbocycles. The minimum Gasteiger partial charge on any atom is -0.494 e. The summed E-state index contributed by atoms with van der Waals surface area (Å²) in [4.78, 5) is 3.92. The fraction of sp³-hybridized carbons (Fsp3) is 0.273. The molecule has 0 aliphatic rings. The van der Waals surface area contributed by atoms with Crippen LogP contribution in [0, 0.1) is 5.82 Å². The molecule has 0 saturated carbocycles. The topological polar surface area (TPSA) is 60.2 Å². The zero-order chi connectivity index (χ0) is 12.4. The van der Waals surface area contributed by atoms with Crippen LogP contribution in [0.15, 0.2) is 24.5 Å². The Balaban J connectivity index is 2.59. The van der Waals surface area contributed by atoms with Crippen LogP contribution in [-0.4, -0.2) is 27.0 Å². The molecule has 0 bridgehead atoms. The van der Waals surface area contributed by atoms with Crippen LogP contribution in [-0.2, 0) is 0 Å². The van der Waals surface area contributed by atoms with Crippen LogP contribution in [0.3, 0.4) is 0 Å². The molecule has 17 heavy (non-hydrogen) atoms. The van der Waals surface area contributed by atoms with Crippen molar-refractivity contribution in [2.75, 3.05) is 7.11 Å². The third kappa shape index (κ3) is 2.12. The molecule has 2 rings (SSSR count). The van der Waals surface area contributed by atoms with E-state index in [2.05, 4.69) is 10.1 Å². The summed E-state index contributed by atoms with van der Waals surface area (Å²) in [6.07, 6.45) is 0.498. The summed E-state index contributed by atoms with van der Waals surface area (Å²) in [6, 6.07) is 4.07. The summed E-state index contributed by atoms with van der Waals surface area (Å²) in [5, 5.41) is 13.5. The summed E-state index contributed by atoms with van der Waals surface area (Å²) < 4.78 is 19.7. The van der Waals surface area contributed by atoms with Crippen molar-refractivity contribution in [3.63, 3.8) is 0 Å². The predicted octanol–water partition coefficient (Wildman–Crippen LogP) is 1.47. The largest absolute Gasteiger partial charge is 0.494 e. The van der Waals surface area contributed by atoms with Crippen LogP contribution in [0.25, 0.3) is 5.69 Å². The molecule has 1 aromatic heterocycles. The minimum atomic E-state index is -0.800. The first kappa shape index (κ1) is 11.5. The molecule has 1 N–H and O–H groups in total. The van der Waals surface area contributed by atoms with Crippen LogP contribution < -0.4 is 4.74 Å². The monoisotopic (exact) mass is 237 g/mol. The van der Waals surface area contributed by atoms with Gasteiger partial charge in [0.15, 0.2) is 5.82 Å². The van der Waals surface area contributed by atoms with Gasteiger partial charge in [0.1, 0.15) is 29.7 Å². The predicted molar refractivity (Wildman–Crippen MR) is 58.5 cm³/mol. The second-order valence-electron chi connectivity index (χ2n) is 3.52. The van der Waals surface area contributed by atoms with E-state index < -0.39 is 11.9 Å². The highest BCUT2D eigenvalue weighted by Gasteiger charge is 2.15. The molecular formula is C11H12FN3O2. The zero-order valence-corrected chi connectivity index (χ0v) is 9.46. The van der Waals surface area contributed by atoms with Gasteiger partial charge < -0.3 is 9.84 Å². The number of nitrogens with zero attached hydrogens (tertiary/aromatic N) is 3. The Labute approximate surface area is 97.5 Å². The van der Waals surface area contributed by atoms with E-state index in [0.29, 0.717) is 17.3 Å². The Bertz CT molecular complexity index is 525. The van der Waals surface area contributed by atoms with Gasteiger partial charge in [-0.15, -0.1) is 0 Å². The van der Waals surface area contributed by atoms with Crippen molar-refractivity contribution in [1.29, 1.82) is 0 Å². The van der Waals surface area contributed by atoms with Crippen molar-refractivity contribution < 1.29 is 14.2 Å². The number of hydrogen-bond acceptors (Lipinski definition) is 4. The summed E-state index contributed by atoms with van der Waals surface area (Å²) in [5.41, 5.74) is 0.404. The van der Waals surface area contributed by atoms with Gasteiger partial charge >= 0.3 is 0 Å². The summed E-state index contributed by atoms with van der Waals surface area (Å²) in [5.74, 6) is 0.376. The maximum atomic E-state index is 13.2. The standard InChI is InChI=1S/C11H12FN3O2/c1-7(16)11-13-6-14-15(11)9-5-8(12)3-4-10(9)17-2/h3-7,16H,1-2H3. The molecule has 0 aliphatic heterocycles. The van der Waals surface area contributed by atoms with Crippen LogP contribution in [0.5, 0.6) is 5.75 Å².